The minimum Gasteiger partial charge on any atom is -0.484 e. The number of nitrogens with one attached hydrogen (secondary N) is 3. The summed E-state index contributed by atoms with van der Waals surface area (Å²) in [5.74, 6) is -2.33. The lowest BCUT2D eigenvalue weighted by atomic mass is 9.82. The smallest absolute Gasteiger partial charge is 0.422 e. The van der Waals surface area contributed by atoms with Crippen LogP contribution in [0.4, 0.5) is 19.0 Å². The van der Waals surface area contributed by atoms with Crippen LogP contribution in [0.2, 0.25) is 0 Å². The van der Waals surface area contributed by atoms with Gasteiger partial charge >= 0.3 is 6.18 Å². The number of hydrogen-bond acceptors (Lipinski definition) is 8. The van der Waals surface area contributed by atoms with Crippen LogP contribution in [0.1, 0.15) is 39.2 Å². The fraction of sp³-hybridized carbons (Fsp3) is 0.320. The van der Waals surface area contributed by atoms with Gasteiger partial charge in [0, 0.05) is 12.6 Å². The van der Waals surface area contributed by atoms with Crippen LogP contribution in [0.3, 0.4) is 0 Å². The zero-order valence-corrected chi connectivity index (χ0v) is 22.2. The summed E-state index contributed by atoms with van der Waals surface area (Å²) in [5, 5.41) is 19.1. The molecule has 41 heavy (non-hydrogen) atoms. The van der Waals surface area contributed by atoms with Gasteiger partial charge in [-0.05, 0) is 55.3 Å². The quantitative estimate of drug-likeness (QED) is 0.374. The number of halogens is 3. The van der Waals surface area contributed by atoms with Crippen molar-refractivity contribution in [1.82, 2.24) is 24.8 Å². The Morgan fingerprint density at radius 3 is 2.73 bits per heavy atom. The molecule has 12 nitrogen and oxygen atoms in total. The average molecular weight is 590 g/mol. The van der Waals surface area contributed by atoms with E-state index in [9.17, 15) is 31.2 Å². The second-order valence-electron chi connectivity index (χ2n) is 9.55. The van der Waals surface area contributed by atoms with Gasteiger partial charge in [0.1, 0.15) is 23.1 Å². The first-order valence-corrected chi connectivity index (χ1v) is 13.8. The largest absolute Gasteiger partial charge is 0.484 e. The average Bonchev–Trinajstić information content (AvgIpc) is 3.44. The summed E-state index contributed by atoms with van der Waals surface area (Å²) in [7, 11) is -2.77. The Balaban J connectivity index is 1.52. The first-order valence-electron chi connectivity index (χ1n) is 12.2. The number of pyridine rings is 1. The molecule has 1 aliphatic carbocycles. The molecule has 0 bridgehead atoms. The number of alkyl halides is 3. The molecule has 2 aromatic heterocycles. The van der Waals surface area contributed by atoms with E-state index in [4.69, 9.17) is 10.00 Å². The van der Waals surface area contributed by atoms with E-state index in [1.54, 1.807) is 6.07 Å². The van der Waals surface area contributed by atoms with Crippen LogP contribution in [0.15, 0.2) is 36.5 Å². The molecule has 2 aliphatic rings. The van der Waals surface area contributed by atoms with Crippen molar-refractivity contribution in [2.75, 3.05) is 24.7 Å². The third-order valence-corrected chi connectivity index (χ3v) is 8.07. The van der Waals surface area contributed by atoms with Gasteiger partial charge in [-0.25, -0.2) is 18.1 Å². The van der Waals surface area contributed by atoms with Gasteiger partial charge in [-0.15, -0.1) is 0 Å². The molecule has 214 valence electrons. The van der Waals surface area contributed by atoms with Crippen molar-refractivity contribution in [3.63, 3.8) is 0 Å². The summed E-state index contributed by atoms with van der Waals surface area (Å²) in [4.78, 5) is 30.4. The molecular weight excluding hydrogens is 567 g/mol. The molecule has 0 fully saturated rings. The van der Waals surface area contributed by atoms with Crippen LogP contribution < -0.4 is 20.1 Å². The molecule has 2 amide bonds. The highest BCUT2D eigenvalue weighted by Gasteiger charge is 2.47. The highest BCUT2D eigenvalue weighted by molar-refractivity contribution is 7.90. The summed E-state index contributed by atoms with van der Waals surface area (Å²) in [6.45, 7) is -1.43. The summed E-state index contributed by atoms with van der Waals surface area (Å²) in [6.07, 6.45) is -2.15. The van der Waals surface area contributed by atoms with Crippen LogP contribution in [-0.2, 0) is 33.2 Å². The zero-order chi connectivity index (χ0) is 29.6. The first-order chi connectivity index (χ1) is 19.3. The number of sulfonamides is 1. The minimum absolute atomic E-state index is 0.00979. The first kappa shape index (κ1) is 28.1. The van der Waals surface area contributed by atoms with Crippen LogP contribution in [-0.4, -0.2) is 60.6 Å². The van der Waals surface area contributed by atoms with Gasteiger partial charge in [-0.1, -0.05) is 6.07 Å². The van der Waals surface area contributed by atoms with E-state index in [0.29, 0.717) is 24.0 Å². The van der Waals surface area contributed by atoms with E-state index in [2.05, 4.69) is 20.7 Å². The second-order valence-corrected chi connectivity index (χ2v) is 11.5. The second kappa shape index (κ2) is 10.2. The summed E-state index contributed by atoms with van der Waals surface area (Å²) < 4.78 is 69.8. The number of hydrogen-bond donors (Lipinski definition) is 3. The number of aryl methyl sites for hydroxylation is 1. The minimum atomic E-state index is -4.49. The van der Waals surface area contributed by atoms with Crippen LogP contribution in [0.5, 0.6) is 5.75 Å². The molecule has 0 saturated heterocycles. The van der Waals surface area contributed by atoms with E-state index < -0.39 is 45.9 Å². The van der Waals surface area contributed by atoms with E-state index in [1.807, 2.05) is 10.8 Å². The number of ether oxygens (including phenoxy) is 1. The predicted octanol–water partition coefficient (Wildman–Crippen LogP) is 1.70. The fourth-order valence-electron chi connectivity index (χ4n) is 5.00. The van der Waals surface area contributed by atoms with E-state index >= 15 is 0 Å². The molecule has 3 aromatic rings. The van der Waals surface area contributed by atoms with Crippen molar-refractivity contribution in [3.8, 4) is 17.6 Å². The van der Waals surface area contributed by atoms with Crippen molar-refractivity contribution in [3.05, 3.63) is 64.5 Å². The SMILES string of the molecule is CNS(=O)(=O)CC(=O)Nc1c2c(nn1-c1ccc(C#N)cn1)C[C@]1(CCc3cc(OCC(F)(F)F)ccc31)NC2=O. The fourth-order valence-corrected chi connectivity index (χ4v) is 5.56. The molecule has 1 aliphatic heterocycles. The van der Waals surface area contributed by atoms with Crippen molar-refractivity contribution in [2.24, 2.45) is 0 Å². The summed E-state index contributed by atoms with van der Waals surface area (Å²) >= 11 is 0. The third kappa shape index (κ3) is 5.58. The maximum atomic E-state index is 13.6. The van der Waals surface area contributed by atoms with Gasteiger partial charge in [0.2, 0.25) is 15.9 Å². The number of fused-ring (bicyclic) bond motifs is 3. The molecule has 0 unspecified atom stereocenters. The standard InChI is InChI=1S/C25H22F3N7O5S/c1-30-41(38,39)12-20(36)32-22-21-18(34-35(22)19-5-2-14(10-29)11-31-19)9-24(33-23(21)37)7-6-15-8-16(3-4-17(15)24)40-13-25(26,27)28/h2-5,8,11,30H,6-7,9,12-13H2,1H3,(H,32,36)(H,33,37)/t24-/m0/s1. The maximum absolute atomic E-state index is 13.6. The molecule has 3 N–H and O–H groups in total. The predicted molar refractivity (Wildman–Crippen MR) is 137 cm³/mol. The van der Waals surface area contributed by atoms with E-state index in [0.717, 1.165) is 7.05 Å². The van der Waals surface area contributed by atoms with Crippen molar-refractivity contribution in [2.45, 2.75) is 31.0 Å². The number of nitriles is 1. The molecule has 1 atom stereocenters. The summed E-state index contributed by atoms with van der Waals surface area (Å²) in [5.41, 5.74) is 1.05. The Morgan fingerprint density at radius 2 is 2.07 bits per heavy atom. The van der Waals surface area contributed by atoms with E-state index in [1.165, 1.54) is 35.1 Å². The zero-order valence-electron chi connectivity index (χ0n) is 21.4. The van der Waals surface area contributed by atoms with Gasteiger partial charge in [0.15, 0.2) is 18.2 Å². The Morgan fingerprint density at radius 1 is 1.29 bits per heavy atom. The maximum Gasteiger partial charge on any atom is 0.422 e. The molecule has 0 saturated carbocycles. The topological polar surface area (TPSA) is 168 Å². The van der Waals surface area contributed by atoms with E-state index in [-0.39, 0.29) is 40.6 Å². The monoisotopic (exact) mass is 589 g/mol. The lowest BCUT2D eigenvalue weighted by Crippen LogP contribution is -2.50. The number of carbonyl (C=O) groups is 2. The Labute approximate surface area is 231 Å². The lowest BCUT2D eigenvalue weighted by molar-refractivity contribution is -0.153. The molecule has 1 aromatic carbocycles. The number of nitrogens with zero attached hydrogens (tertiary/aromatic N) is 4. The van der Waals surface area contributed by atoms with Gasteiger partial charge in [-0.2, -0.15) is 28.2 Å². The van der Waals surface area contributed by atoms with Crippen molar-refractivity contribution < 1.29 is 35.9 Å². The molecule has 16 heteroatoms. The van der Waals surface area contributed by atoms with Gasteiger partial charge in [0.25, 0.3) is 5.91 Å². The molecule has 0 radical (unpaired) electrons. The Kier molecular flexibility index (Phi) is 6.95. The van der Waals surface area contributed by atoms with Crippen molar-refractivity contribution >= 4 is 27.7 Å². The lowest BCUT2D eigenvalue weighted by Gasteiger charge is -2.35. The number of carbonyl (C=O) groups excluding carboxylic acids is 2. The highest BCUT2D eigenvalue weighted by atomic mass is 32.2. The molecule has 5 rings (SSSR count). The van der Waals surface area contributed by atoms with Gasteiger partial charge in [-0.3, -0.25) is 9.59 Å². The van der Waals surface area contributed by atoms with Gasteiger partial charge < -0.3 is 15.4 Å². The van der Waals surface area contributed by atoms with Crippen LogP contribution >= 0.6 is 0 Å². The Hall–Kier alpha value is -4.49. The number of amides is 2. The third-order valence-electron chi connectivity index (χ3n) is 6.81. The number of benzene rings is 1. The van der Waals surface area contributed by atoms with Crippen molar-refractivity contribution in [1.29, 1.82) is 5.26 Å². The molecule has 1 spiro atoms. The number of anilines is 1. The Bertz CT molecular complexity index is 1700. The van der Waals surface area contributed by atoms with Crippen LogP contribution in [0, 0.1) is 11.3 Å². The highest BCUT2D eigenvalue weighted by Crippen LogP contribution is 2.44. The molecular formula is C25H22F3N7O5S. The molecule has 3 heterocycles. The number of aromatic nitrogens is 3. The summed E-state index contributed by atoms with van der Waals surface area (Å²) in [6, 6.07) is 9.40. The number of rotatable bonds is 7. The normalized spacial score (nSPS) is 17.9. The van der Waals surface area contributed by atoms with Gasteiger partial charge in [0.05, 0.1) is 16.8 Å². The van der Waals surface area contributed by atoms with Crippen LogP contribution in [0.25, 0.3) is 5.82 Å².